The minimum Gasteiger partial charge on any atom is -0.491 e. The molecular weight excluding hydrogens is 326 g/mol. The van der Waals surface area contributed by atoms with E-state index in [1.54, 1.807) is 12.1 Å². The third-order valence-electron chi connectivity index (χ3n) is 4.56. The number of anilines is 1. The van der Waals surface area contributed by atoms with Gasteiger partial charge in [-0.2, -0.15) is 0 Å². The number of ether oxygens (including phenoxy) is 2. The maximum atomic E-state index is 12.6. The molecule has 138 valence electrons. The van der Waals surface area contributed by atoms with Gasteiger partial charge >= 0.3 is 0 Å². The van der Waals surface area contributed by atoms with E-state index in [-0.39, 0.29) is 17.4 Å². The van der Waals surface area contributed by atoms with E-state index >= 15 is 0 Å². The summed E-state index contributed by atoms with van der Waals surface area (Å²) in [5, 5.41) is 3.03. The molecule has 1 heterocycles. The molecule has 2 aromatic carbocycles. The van der Waals surface area contributed by atoms with Crippen molar-refractivity contribution in [2.75, 3.05) is 18.5 Å². The highest BCUT2D eigenvalue weighted by atomic mass is 16.5. The molecule has 3 rings (SSSR count). The van der Waals surface area contributed by atoms with Crippen LogP contribution >= 0.6 is 0 Å². The molecule has 1 saturated heterocycles. The van der Waals surface area contributed by atoms with E-state index in [0.29, 0.717) is 12.2 Å². The Kier molecular flexibility index (Phi) is 5.62. The molecule has 4 heteroatoms. The lowest BCUT2D eigenvalue weighted by Crippen LogP contribution is -2.19. The van der Waals surface area contributed by atoms with Crippen LogP contribution in [0.25, 0.3) is 0 Å². The lowest BCUT2D eigenvalue weighted by molar-refractivity contribution is 0.0679. The van der Waals surface area contributed by atoms with Crippen molar-refractivity contribution in [3.8, 4) is 5.75 Å². The number of hydrogen-bond acceptors (Lipinski definition) is 3. The van der Waals surface area contributed by atoms with Crippen LogP contribution in [0.5, 0.6) is 5.75 Å². The quantitative estimate of drug-likeness (QED) is 0.840. The molecule has 4 nitrogen and oxygen atoms in total. The zero-order valence-electron chi connectivity index (χ0n) is 15.7. The van der Waals surface area contributed by atoms with Crippen molar-refractivity contribution >= 4 is 11.6 Å². The number of carbonyl (C=O) groups excluding carboxylic acids is 1. The van der Waals surface area contributed by atoms with Gasteiger partial charge in [-0.3, -0.25) is 4.79 Å². The standard InChI is InChI=1S/C22H27NO3/c1-22(2,3)19-8-4-5-9-20(19)23-21(24)16-10-12-17(13-11-16)26-15-18-7-6-14-25-18/h4-5,8-13,18H,6-7,14-15H2,1-3H3,(H,23,24). The fourth-order valence-electron chi connectivity index (χ4n) is 3.11. The first kappa shape index (κ1) is 18.5. The van der Waals surface area contributed by atoms with Crippen LogP contribution in [0.3, 0.4) is 0 Å². The molecule has 0 saturated carbocycles. The summed E-state index contributed by atoms with van der Waals surface area (Å²) in [6.07, 6.45) is 2.34. The lowest BCUT2D eigenvalue weighted by Gasteiger charge is -2.23. The molecule has 1 fully saturated rings. The zero-order chi connectivity index (χ0) is 18.6. The maximum absolute atomic E-state index is 12.6. The van der Waals surface area contributed by atoms with Crippen molar-refractivity contribution in [3.63, 3.8) is 0 Å². The highest BCUT2D eigenvalue weighted by molar-refractivity contribution is 6.04. The smallest absolute Gasteiger partial charge is 0.255 e. The average Bonchev–Trinajstić information content (AvgIpc) is 3.13. The Bertz CT molecular complexity index is 741. The first-order chi connectivity index (χ1) is 12.4. The van der Waals surface area contributed by atoms with Crippen molar-refractivity contribution in [3.05, 3.63) is 59.7 Å². The number of hydrogen-bond donors (Lipinski definition) is 1. The number of carbonyl (C=O) groups is 1. The predicted octanol–water partition coefficient (Wildman–Crippen LogP) is 4.79. The van der Waals surface area contributed by atoms with Gasteiger partial charge in [-0.25, -0.2) is 0 Å². The summed E-state index contributed by atoms with van der Waals surface area (Å²) >= 11 is 0. The van der Waals surface area contributed by atoms with Crippen LogP contribution in [-0.4, -0.2) is 25.2 Å². The van der Waals surface area contributed by atoms with Gasteiger partial charge in [-0.05, 0) is 54.2 Å². The van der Waals surface area contributed by atoms with Gasteiger partial charge < -0.3 is 14.8 Å². The highest BCUT2D eigenvalue weighted by Crippen LogP contribution is 2.29. The first-order valence-electron chi connectivity index (χ1n) is 9.19. The Morgan fingerprint density at radius 1 is 1.15 bits per heavy atom. The van der Waals surface area contributed by atoms with Gasteiger partial charge in [0.15, 0.2) is 0 Å². The largest absolute Gasteiger partial charge is 0.491 e. The molecule has 0 bridgehead atoms. The topological polar surface area (TPSA) is 47.6 Å². The second-order valence-electron chi connectivity index (χ2n) is 7.72. The molecule has 1 N–H and O–H groups in total. The molecule has 0 spiro atoms. The molecule has 1 amide bonds. The Morgan fingerprint density at radius 2 is 1.88 bits per heavy atom. The summed E-state index contributed by atoms with van der Waals surface area (Å²) in [5.74, 6) is 0.638. The Hall–Kier alpha value is -2.33. The van der Waals surface area contributed by atoms with Crippen molar-refractivity contribution in [2.45, 2.75) is 45.1 Å². The van der Waals surface area contributed by atoms with Crippen molar-refractivity contribution in [1.29, 1.82) is 0 Å². The lowest BCUT2D eigenvalue weighted by atomic mass is 9.86. The van der Waals surface area contributed by atoms with Gasteiger partial charge in [-0.1, -0.05) is 39.0 Å². The predicted molar refractivity (Wildman–Crippen MR) is 104 cm³/mol. The van der Waals surface area contributed by atoms with Gasteiger partial charge in [0.25, 0.3) is 5.91 Å². The van der Waals surface area contributed by atoms with Crippen LogP contribution in [0.2, 0.25) is 0 Å². The number of rotatable bonds is 5. The third-order valence-corrected chi connectivity index (χ3v) is 4.56. The minimum atomic E-state index is -0.118. The maximum Gasteiger partial charge on any atom is 0.255 e. The summed E-state index contributed by atoms with van der Waals surface area (Å²) in [5.41, 5.74) is 2.54. The number of nitrogens with one attached hydrogen (secondary N) is 1. The molecule has 1 atom stereocenters. The number of benzene rings is 2. The fourth-order valence-corrected chi connectivity index (χ4v) is 3.11. The Labute approximate surface area is 155 Å². The van der Waals surface area contributed by atoms with Crippen molar-refractivity contribution in [2.24, 2.45) is 0 Å². The summed E-state index contributed by atoms with van der Waals surface area (Å²) in [4.78, 5) is 12.6. The molecule has 26 heavy (non-hydrogen) atoms. The van der Waals surface area contributed by atoms with Crippen molar-refractivity contribution in [1.82, 2.24) is 0 Å². The van der Waals surface area contributed by atoms with E-state index in [1.807, 2.05) is 30.3 Å². The molecule has 0 radical (unpaired) electrons. The van der Waals surface area contributed by atoms with Crippen molar-refractivity contribution < 1.29 is 14.3 Å². The Balaban J connectivity index is 1.63. The highest BCUT2D eigenvalue weighted by Gasteiger charge is 2.19. The van der Waals surface area contributed by atoms with E-state index in [0.717, 1.165) is 36.4 Å². The van der Waals surface area contributed by atoms with E-state index < -0.39 is 0 Å². The summed E-state index contributed by atoms with van der Waals surface area (Å²) in [7, 11) is 0. The molecular formula is C22H27NO3. The van der Waals surface area contributed by atoms with Crippen LogP contribution < -0.4 is 10.1 Å². The van der Waals surface area contributed by atoms with Crippen LogP contribution in [0, 0.1) is 0 Å². The summed E-state index contributed by atoms with van der Waals surface area (Å²) in [6, 6.07) is 15.2. The van der Waals surface area contributed by atoms with Crippen LogP contribution in [0.1, 0.15) is 49.5 Å². The molecule has 0 aromatic heterocycles. The number of amides is 1. The summed E-state index contributed by atoms with van der Waals surface area (Å²) in [6.45, 7) is 7.79. The molecule has 2 aromatic rings. The number of para-hydroxylation sites is 1. The van der Waals surface area contributed by atoms with E-state index in [2.05, 4.69) is 32.2 Å². The van der Waals surface area contributed by atoms with Gasteiger partial charge in [0.05, 0.1) is 6.10 Å². The normalized spacial score (nSPS) is 17.1. The third kappa shape index (κ3) is 4.64. The second-order valence-corrected chi connectivity index (χ2v) is 7.72. The summed E-state index contributed by atoms with van der Waals surface area (Å²) < 4.78 is 11.3. The van der Waals surface area contributed by atoms with Crippen LogP contribution in [-0.2, 0) is 10.2 Å². The van der Waals surface area contributed by atoms with Crippen LogP contribution in [0.4, 0.5) is 5.69 Å². The van der Waals surface area contributed by atoms with E-state index in [9.17, 15) is 4.79 Å². The minimum absolute atomic E-state index is 0.0378. The van der Waals surface area contributed by atoms with E-state index in [1.165, 1.54) is 0 Å². The van der Waals surface area contributed by atoms with Gasteiger partial charge in [-0.15, -0.1) is 0 Å². The SMILES string of the molecule is CC(C)(C)c1ccccc1NC(=O)c1ccc(OCC2CCCO2)cc1. The molecule has 1 unspecified atom stereocenters. The average molecular weight is 353 g/mol. The molecule has 1 aliphatic heterocycles. The van der Waals surface area contributed by atoms with Crippen LogP contribution in [0.15, 0.2) is 48.5 Å². The van der Waals surface area contributed by atoms with Gasteiger partial charge in [0.2, 0.25) is 0 Å². The molecule has 0 aliphatic carbocycles. The Morgan fingerprint density at radius 3 is 2.54 bits per heavy atom. The van der Waals surface area contributed by atoms with E-state index in [4.69, 9.17) is 9.47 Å². The molecule has 1 aliphatic rings. The van der Waals surface area contributed by atoms with Gasteiger partial charge in [0, 0.05) is 17.9 Å². The van der Waals surface area contributed by atoms with Gasteiger partial charge in [0.1, 0.15) is 12.4 Å². The second kappa shape index (κ2) is 7.92. The monoisotopic (exact) mass is 353 g/mol. The zero-order valence-corrected chi connectivity index (χ0v) is 15.7. The fraction of sp³-hybridized carbons (Fsp3) is 0.409. The first-order valence-corrected chi connectivity index (χ1v) is 9.19.